The van der Waals surface area contributed by atoms with Gasteiger partial charge in [-0.2, -0.15) is 0 Å². The summed E-state index contributed by atoms with van der Waals surface area (Å²) in [5.74, 6) is -0.0344. The number of halogens is 1. The highest BCUT2D eigenvalue weighted by atomic mass is 35.5. The smallest absolute Gasteiger partial charge is 0.237 e. The molecule has 2 aromatic carbocycles. The van der Waals surface area contributed by atoms with Gasteiger partial charge in [0.1, 0.15) is 0 Å². The minimum absolute atomic E-state index is 0.0881. The lowest BCUT2D eigenvalue weighted by molar-refractivity contribution is -0.115. The van der Waals surface area contributed by atoms with Crippen molar-refractivity contribution < 1.29 is 9.59 Å². The lowest BCUT2D eigenvalue weighted by Gasteiger charge is -2.17. The molecular weight excluding hydrogens is 380 g/mol. The van der Waals surface area contributed by atoms with Crippen LogP contribution in [0.2, 0.25) is 5.02 Å². The molecule has 6 heteroatoms. The zero-order valence-corrected chi connectivity index (χ0v) is 17.4. The van der Waals surface area contributed by atoms with E-state index < -0.39 is 0 Å². The first kappa shape index (κ1) is 21.3. The Kier molecular flexibility index (Phi) is 8.20. The summed E-state index contributed by atoms with van der Waals surface area (Å²) in [7, 11) is 0. The van der Waals surface area contributed by atoms with Crippen LogP contribution in [0.5, 0.6) is 0 Å². The largest absolute Gasteiger partial charge is 0.325 e. The van der Waals surface area contributed by atoms with Crippen LogP contribution in [0.1, 0.15) is 31.9 Å². The maximum Gasteiger partial charge on any atom is 0.237 e. The molecule has 2 amide bonds. The molecule has 0 aromatic heterocycles. The Labute approximate surface area is 170 Å². The molecule has 0 aliphatic carbocycles. The van der Waals surface area contributed by atoms with E-state index >= 15 is 0 Å². The SMILES string of the molecule is CCc1cccc(CC)c1NC(=O)[C@@H](C)SCC(=O)Nc1ccc(Cl)cc1. The van der Waals surface area contributed by atoms with Crippen LogP contribution in [-0.4, -0.2) is 22.8 Å². The van der Waals surface area contributed by atoms with Crippen molar-refractivity contribution in [2.75, 3.05) is 16.4 Å². The van der Waals surface area contributed by atoms with Crippen LogP contribution < -0.4 is 10.6 Å². The van der Waals surface area contributed by atoms with E-state index in [1.54, 1.807) is 24.3 Å². The molecule has 27 heavy (non-hydrogen) atoms. The van der Waals surface area contributed by atoms with Crippen LogP contribution in [-0.2, 0) is 22.4 Å². The summed E-state index contributed by atoms with van der Waals surface area (Å²) in [6.07, 6.45) is 1.71. The molecule has 1 atom stereocenters. The van der Waals surface area contributed by atoms with E-state index in [2.05, 4.69) is 24.5 Å². The number of thioether (sulfide) groups is 1. The van der Waals surface area contributed by atoms with Crippen LogP contribution in [0, 0.1) is 0 Å². The lowest BCUT2D eigenvalue weighted by atomic mass is 10.0. The molecule has 4 nitrogen and oxygen atoms in total. The number of rotatable bonds is 8. The lowest BCUT2D eigenvalue weighted by Crippen LogP contribution is -2.26. The summed E-state index contributed by atoms with van der Waals surface area (Å²) in [5, 5.41) is 6.13. The van der Waals surface area contributed by atoms with Gasteiger partial charge in [-0.25, -0.2) is 0 Å². The van der Waals surface area contributed by atoms with Gasteiger partial charge in [-0.05, 0) is 55.2 Å². The Morgan fingerprint density at radius 2 is 1.59 bits per heavy atom. The molecule has 0 bridgehead atoms. The molecule has 2 aromatic rings. The van der Waals surface area contributed by atoms with E-state index in [-0.39, 0.29) is 22.8 Å². The number of carbonyl (C=O) groups is 2. The molecule has 0 saturated heterocycles. The van der Waals surface area contributed by atoms with Crippen molar-refractivity contribution in [1.82, 2.24) is 0 Å². The highest BCUT2D eigenvalue weighted by Crippen LogP contribution is 2.24. The third kappa shape index (κ3) is 6.29. The number of nitrogens with one attached hydrogen (secondary N) is 2. The minimum atomic E-state index is -0.337. The van der Waals surface area contributed by atoms with Crippen LogP contribution in [0.4, 0.5) is 11.4 Å². The normalized spacial score (nSPS) is 11.7. The van der Waals surface area contributed by atoms with Crippen molar-refractivity contribution >= 4 is 46.6 Å². The monoisotopic (exact) mass is 404 g/mol. The van der Waals surface area contributed by atoms with Gasteiger partial charge in [-0.3, -0.25) is 9.59 Å². The van der Waals surface area contributed by atoms with Crippen LogP contribution in [0.3, 0.4) is 0 Å². The fourth-order valence-electron chi connectivity index (χ4n) is 2.63. The fourth-order valence-corrected chi connectivity index (χ4v) is 3.44. The second kappa shape index (κ2) is 10.4. The third-order valence-electron chi connectivity index (χ3n) is 4.21. The Hall–Kier alpha value is -1.98. The van der Waals surface area contributed by atoms with E-state index in [9.17, 15) is 9.59 Å². The van der Waals surface area contributed by atoms with Crippen molar-refractivity contribution in [3.05, 3.63) is 58.6 Å². The number of aryl methyl sites for hydroxylation is 2. The fraction of sp³-hybridized carbons (Fsp3) is 0.333. The topological polar surface area (TPSA) is 58.2 Å². The molecule has 0 fully saturated rings. The van der Waals surface area contributed by atoms with Crippen molar-refractivity contribution in [2.45, 2.75) is 38.9 Å². The van der Waals surface area contributed by atoms with Gasteiger partial charge in [0.2, 0.25) is 11.8 Å². The van der Waals surface area contributed by atoms with Crippen molar-refractivity contribution in [1.29, 1.82) is 0 Å². The number of benzene rings is 2. The molecule has 0 spiro atoms. The number of hydrogen-bond acceptors (Lipinski definition) is 3. The highest BCUT2D eigenvalue weighted by molar-refractivity contribution is 8.01. The average Bonchev–Trinajstić information content (AvgIpc) is 2.67. The van der Waals surface area contributed by atoms with Gasteiger partial charge < -0.3 is 10.6 Å². The maximum atomic E-state index is 12.6. The quantitative estimate of drug-likeness (QED) is 0.638. The summed E-state index contributed by atoms with van der Waals surface area (Å²) in [6.45, 7) is 5.96. The Morgan fingerprint density at radius 1 is 1.00 bits per heavy atom. The first-order valence-electron chi connectivity index (χ1n) is 9.03. The summed E-state index contributed by atoms with van der Waals surface area (Å²) >= 11 is 7.15. The predicted molar refractivity (Wildman–Crippen MR) is 116 cm³/mol. The molecule has 0 radical (unpaired) electrons. The van der Waals surface area contributed by atoms with Crippen molar-refractivity contribution in [3.8, 4) is 0 Å². The molecule has 0 aliphatic rings. The maximum absolute atomic E-state index is 12.6. The van der Waals surface area contributed by atoms with Gasteiger partial charge in [0.25, 0.3) is 0 Å². The summed E-state index contributed by atoms with van der Waals surface area (Å²) in [6, 6.07) is 13.0. The Balaban J connectivity index is 1.90. The molecule has 2 N–H and O–H groups in total. The molecular formula is C21H25ClN2O2S. The standard InChI is InChI=1S/C21H25ClN2O2S/c1-4-15-7-6-8-16(5-2)20(15)24-21(26)14(3)27-13-19(25)23-18-11-9-17(22)10-12-18/h6-12,14H,4-5,13H2,1-3H3,(H,23,25)(H,24,26)/t14-/m1/s1. The second-order valence-corrected chi connectivity index (χ2v) is 7.92. The van der Waals surface area contributed by atoms with Gasteiger partial charge in [0, 0.05) is 16.4 Å². The third-order valence-corrected chi connectivity index (χ3v) is 5.60. The van der Waals surface area contributed by atoms with Gasteiger partial charge >= 0.3 is 0 Å². The van der Waals surface area contributed by atoms with E-state index in [1.807, 2.05) is 25.1 Å². The molecule has 2 rings (SSSR count). The van der Waals surface area contributed by atoms with Gasteiger partial charge in [0.15, 0.2) is 0 Å². The zero-order chi connectivity index (χ0) is 19.8. The van der Waals surface area contributed by atoms with E-state index in [1.165, 1.54) is 11.8 Å². The van der Waals surface area contributed by atoms with E-state index in [0.29, 0.717) is 10.7 Å². The first-order chi connectivity index (χ1) is 12.9. The predicted octanol–water partition coefficient (Wildman–Crippen LogP) is 5.16. The van der Waals surface area contributed by atoms with Gasteiger partial charge in [0.05, 0.1) is 11.0 Å². The Morgan fingerprint density at radius 3 is 2.15 bits per heavy atom. The summed E-state index contributed by atoms with van der Waals surface area (Å²) in [4.78, 5) is 24.7. The van der Waals surface area contributed by atoms with Crippen LogP contribution >= 0.6 is 23.4 Å². The Bertz CT molecular complexity index is 771. The zero-order valence-electron chi connectivity index (χ0n) is 15.8. The number of anilines is 2. The molecule has 144 valence electrons. The summed E-state index contributed by atoms with van der Waals surface area (Å²) in [5.41, 5.74) is 3.85. The van der Waals surface area contributed by atoms with Crippen LogP contribution in [0.25, 0.3) is 0 Å². The molecule has 0 heterocycles. The molecule has 0 aliphatic heterocycles. The van der Waals surface area contributed by atoms with Gasteiger partial charge in [-0.1, -0.05) is 43.6 Å². The van der Waals surface area contributed by atoms with Crippen LogP contribution in [0.15, 0.2) is 42.5 Å². The molecule has 0 unspecified atom stereocenters. The summed E-state index contributed by atoms with van der Waals surface area (Å²) < 4.78 is 0. The van der Waals surface area contributed by atoms with Crippen molar-refractivity contribution in [3.63, 3.8) is 0 Å². The first-order valence-corrected chi connectivity index (χ1v) is 10.5. The second-order valence-electron chi connectivity index (χ2n) is 6.16. The number of amides is 2. The molecule has 0 saturated carbocycles. The highest BCUT2D eigenvalue weighted by Gasteiger charge is 2.18. The van der Waals surface area contributed by atoms with E-state index in [0.717, 1.165) is 29.7 Å². The van der Waals surface area contributed by atoms with Crippen molar-refractivity contribution in [2.24, 2.45) is 0 Å². The number of carbonyl (C=O) groups excluding carboxylic acids is 2. The van der Waals surface area contributed by atoms with E-state index in [4.69, 9.17) is 11.6 Å². The average molecular weight is 405 g/mol. The number of para-hydroxylation sites is 1. The van der Waals surface area contributed by atoms with Gasteiger partial charge in [-0.15, -0.1) is 11.8 Å². The minimum Gasteiger partial charge on any atom is -0.325 e. The number of hydrogen-bond donors (Lipinski definition) is 2.